The average Bonchev–Trinajstić information content (AvgIpc) is 3.14. The van der Waals surface area contributed by atoms with Gasteiger partial charge in [0.1, 0.15) is 11.9 Å². The van der Waals surface area contributed by atoms with Crippen molar-refractivity contribution in [3.63, 3.8) is 0 Å². The monoisotopic (exact) mass is 489 g/mol. The summed E-state index contributed by atoms with van der Waals surface area (Å²) in [6, 6.07) is 17.0. The van der Waals surface area contributed by atoms with Gasteiger partial charge in [-0.25, -0.2) is 4.39 Å². The number of nitrogens with one attached hydrogen (secondary N) is 1. The zero-order valence-electron chi connectivity index (χ0n) is 21.0. The molecule has 0 bridgehead atoms. The molecule has 1 atom stereocenters. The van der Waals surface area contributed by atoms with Crippen molar-refractivity contribution < 1.29 is 18.8 Å². The molecule has 6 nitrogen and oxygen atoms in total. The largest absolute Gasteiger partial charge is 0.354 e. The number of halogens is 1. The molecule has 1 heterocycles. The number of carbonyl (C=O) groups is 3. The molecule has 7 heteroatoms. The van der Waals surface area contributed by atoms with E-state index in [-0.39, 0.29) is 36.6 Å². The van der Waals surface area contributed by atoms with Crippen LogP contribution in [0.3, 0.4) is 0 Å². The van der Waals surface area contributed by atoms with Crippen LogP contribution in [0.5, 0.6) is 0 Å². The summed E-state index contributed by atoms with van der Waals surface area (Å²) in [5.74, 6) is -0.751. The van der Waals surface area contributed by atoms with E-state index in [9.17, 15) is 18.8 Å². The molecule has 1 aliphatic rings. The lowest BCUT2D eigenvalue weighted by atomic mass is 10.1. The topological polar surface area (TPSA) is 69.7 Å². The summed E-state index contributed by atoms with van der Waals surface area (Å²) in [5, 5.41) is 4.81. The molecule has 0 saturated carbocycles. The van der Waals surface area contributed by atoms with Crippen LogP contribution in [0.2, 0.25) is 0 Å². The highest BCUT2D eigenvalue weighted by Crippen LogP contribution is 2.37. The van der Waals surface area contributed by atoms with Crippen LogP contribution in [-0.2, 0) is 16.1 Å². The van der Waals surface area contributed by atoms with Crippen molar-refractivity contribution in [3.05, 3.63) is 77.6 Å². The lowest BCUT2D eigenvalue weighted by molar-refractivity contribution is -0.140. The first kappa shape index (κ1) is 25.4. The highest BCUT2D eigenvalue weighted by atomic mass is 19.1. The van der Waals surface area contributed by atoms with Crippen molar-refractivity contribution in [1.82, 2.24) is 10.2 Å². The molecule has 0 unspecified atom stereocenters. The summed E-state index contributed by atoms with van der Waals surface area (Å²) in [7, 11) is 0. The Balaban J connectivity index is 1.46. The van der Waals surface area contributed by atoms with E-state index in [1.54, 1.807) is 30.0 Å². The van der Waals surface area contributed by atoms with Gasteiger partial charge in [0.15, 0.2) is 0 Å². The molecule has 188 valence electrons. The second-order valence-electron chi connectivity index (χ2n) is 9.67. The zero-order valence-corrected chi connectivity index (χ0v) is 21.0. The van der Waals surface area contributed by atoms with Crippen LogP contribution in [0.15, 0.2) is 60.7 Å². The van der Waals surface area contributed by atoms with Gasteiger partial charge < -0.3 is 15.1 Å². The van der Waals surface area contributed by atoms with Crippen LogP contribution in [0.1, 0.15) is 49.5 Å². The number of anilines is 1. The average molecular weight is 490 g/mol. The van der Waals surface area contributed by atoms with Crippen LogP contribution in [0, 0.1) is 11.7 Å². The number of carbonyl (C=O) groups excluding carboxylic acids is 3. The lowest BCUT2D eigenvalue weighted by Gasteiger charge is -2.29. The standard InChI is InChI=1S/C29H32FN3O3/c1-19(2)17-31-28(35)20(3)33(18-22-9-4-5-13-24(22)30)26(34)15-8-16-32-25-14-7-11-21-10-6-12-23(27(21)25)29(32)36/h4-7,9-14,19-20H,8,15-18H2,1-3H3,(H,31,35)/t20-/m1/s1. The number of benzene rings is 3. The summed E-state index contributed by atoms with van der Waals surface area (Å²) in [6.07, 6.45) is 0.551. The highest BCUT2D eigenvalue weighted by Gasteiger charge is 2.30. The quantitative estimate of drug-likeness (QED) is 0.440. The third-order valence-corrected chi connectivity index (χ3v) is 6.57. The molecule has 36 heavy (non-hydrogen) atoms. The van der Waals surface area contributed by atoms with Crippen molar-refractivity contribution in [2.24, 2.45) is 5.92 Å². The van der Waals surface area contributed by atoms with E-state index in [1.807, 2.05) is 50.2 Å². The Bertz CT molecular complexity index is 1280. The Kier molecular flexibility index (Phi) is 7.67. The molecule has 0 spiro atoms. The SMILES string of the molecule is CC(C)CNC(=O)[C@@H](C)N(Cc1ccccc1F)C(=O)CCCN1C(=O)c2cccc3cccc1c23. The summed E-state index contributed by atoms with van der Waals surface area (Å²) >= 11 is 0. The molecule has 1 aliphatic heterocycles. The van der Waals surface area contributed by atoms with Crippen molar-refractivity contribution in [3.8, 4) is 0 Å². The van der Waals surface area contributed by atoms with E-state index in [0.717, 1.165) is 16.5 Å². The smallest absolute Gasteiger partial charge is 0.258 e. The molecule has 0 aliphatic carbocycles. The fraction of sp³-hybridized carbons (Fsp3) is 0.345. The molecule has 0 saturated heterocycles. The maximum Gasteiger partial charge on any atom is 0.258 e. The van der Waals surface area contributed by atoms with E-state index < -0.39 is 11.9 Å². The summed E-state index contributed by atoms with van der Waals surface area (Å²) in [4.78, 5) is 42.3. The predicted octanol–water partition coefficient (Wildman–Crippen LogP) is 4.91. The second kappa shape index (κ2) is 10.9. The van der Waals surface area contributed by atoms with E-state index >= 15 is 0 Å². The van der Waals surface area contributed by atoms with Gasteiger partial charge in [-0.05, 0) is 42.8 Å². The predicted molar refractivity (Wildman–Crippen MR) is 139 cm³/mol. The van der Waals surface area contributed by atoms with Gasteiger partial charge in [0.2, 0.25) is 11.8 Å². The van der Waals surface area contributed by atoms with Crippen molar-refractivity contribution in [2.45, 2.75) is 46.2 Å². The van der Waals surface area contributed by atoms with Gasteiger partial charge in [0.05, 0.1) is 5.69 Å². The first-order valence-corrected chi connectivity index (χ1v) is 12.4. The fourth-order valence-corrected chi connectivity index (χ4v) is 4.58. The van der Waals surface area contributed by atoms with Gasteiger partial charge in [-0.1, -0.05) is 56.3 Å². The zero-order chi connectivity index (χ0) is 25.8. The molecule has 0 fully saturated rings. The van der Waals surface area contributed by atoms with E-state index in [0.29, 0.717) is 30.6 Å². The minimum atomic E-state index is -0.762. The number of rotatable bonds is 10. The van der Waals surface area contributed by atoms with Crippen LogP contribution in [-0.4, -0.2) is 41.8 Å². The molecule has 3 amide bonds. The minimum absolute atomic E-state index is 0.00480. The Morgan fingerprint density at radius 3 is 2.44 bits per heavy atom. The van der Waals surface area contributed by atoms with Gasteiger partial charge in [-0.3, -0.25) is 14.4 Å². The molecule has 3 aromatic rings. The first-order chi connectivity index (χ1) is 17.3. The van der Waals surface area contributed by atoms with Crippen LogP contribution < -0.4 is 10.2 Å². The maximum atomic E-state index is 14.4. The molecule has 0 aromatic heterocycles. The van der Waals surface area contributed by atoms with Crippen molar-refractivity contribution >= 4 is 34.2 Å². The Morgan fingerprint density at radius 1 is 1.00 bits per heavy atom. The summed E-state index contributed by atoms with van der Waals surface area (Å²) < 4.78 is 14.4. The van der Waals surface area contributed by atoms with E-state index in [1.165, 1.54) is 11.0 Å². The molecule has 0 radical (unpaired) electrons. The number of hydrogen-bond acceptors (Lipinski definition) is 3. The lowest BCUT2D eigenvalue weighted by Crippen LogP contribution is -2.48. The number of amides is 3. The molecular formula is C29H32FN3O3. The van der Waals surface area contributed by atoms with Crippen LogP contribution >= 0.6 is 0 Å². The third kappa shape index (κ3) is 5.25. The van der Waals surface area contributed by atoms with Gasteiger partial charge >= 0.3 is 0 Å². The van der Waals surface area contributed by atoms with Gasteiger partial charge in [0.25, 0.3) is 5.91 Å². The molecule has 3 aromatic carbocycles. The molecule has 4 rings (SSSR count). The number of hydrogen-bond donors (Lipinski definition) is 1. The normalized spacial score (nSPS) is 13.4. The van der Waals surface area contributed by atoms with Crippen molar-refractivity contribution in [1.29, 1.82) is 0 Å². The second-order valence-corrected chi connectivity index (χ2v) is 9.67. The maximum absolute atomic E-state index is 14.4. The number of nitrogens with zero attached hydrogens (tertiary/aromatic N) is 2. The molecular weight excluding hydrogens is 457 g/mol. The van der Waals surface area contributed by atoms with Gasteiger partial charge in [-0.2, -0.15) is 0 Å². The van der Waals surface area contributed by atoms with E-state index in [4.69, 9.17) is 0 Å². The first-order valence-electron chi connectivity index (χ1n) is 12.4. The Morgan fingerprint density at radius 2 is 1.72 bits per heavy atom. The van der Waals surface area contributed by atoms with Gasteiger partial charge in [0, 0.05) is 42.6 Å². The Labute approximate surface area is 211 Å². The van der Waals surface area contributed by atoms with E-state index in [2.05, 4.69) is 5.32 Å². The summed E-state index contributed by atoms with van der Waals surface area (Å²) in [6.45, 7) is 6.51. The molecule has 1 N–H and O–H groups in total. The van der Waals surface area contributed by atoms with Crippen molar-refractivity contribution in [2.75, 3.05) is 18.0 Å². The summed E-state index contributed by atoms with van der Waals surface area (Å²) in [5.41, 5.74) is 1.88. The third-order valence-electron chi connectivity index (χ3n) is 6.57. The van der Waals surface area contributed by atoms with Crippen LogP contribution in [0.25, 0.3) is 10.8 Å². The van der Waals surface area contributed by atoms with Gasteiger partial charge in [-0.15, -0.1) is 0 Å². The van der Waals surface area contributed by atoms with Crippen LogP contribution in [0.4, 0.5) is 10.1 Å². The highest BCUT2D eigenvalue weighted by molar-refractivity contribution is 6.25. The Hall–Kier alpha value is -3.74. The minimum Gasteiger partial charge on any atom is -0.354 e. The fourth-order valence-electron chi connectivity index (χ4n) is 4.58.